The van der Waals surface area contributed by atoms with Crippen LogP contribution >= 0.6 is 11.6 Å². The largest absolute Gasteiger partial charge is 0.366 e. The van der Waals surface area contributed by atoms with Gasteiger partial charge >= 0.3 is 0 Å². The summed E-state index contributed by atoms with van der Waals surface area (Å²) in [5.41, 5.74) is 1.80. The summed E-state index contributed by atoms with van der Waals surface area (Å²) in [6.07, 6.45) is 1.88. The molecule has 0 fully saturated rings. The van der Waals surface area contributed by atoms with Crippen LogP contribution in [0.5, 0.6) is 0 Å². The van der Waals surface area contributed by atoms with Crippen LogP contribution in [0.15, 0.2) is 18.3 Å². The minimum Gasteiger partial charge on any atom is -0.366 e. The Kier molecular flexibility index (Phi) is 3.66. The molecule has 2 rings (SSSR count). The van der Waals surface area contributed by atoms with Gasteiger partial charge < -0.3 is 5.32 Å². The Hall–Kier alpha value is -2.15. The summed E-state index contributed by atoms with van der Waals surface area (Å²) in [5, 5.41) is 18.0. The van der Waals surface area contributed by atoms with Crippen molar-refractivity contribution in [2.45, 2.75) is 13.5 Å². The van der Waals surface area contributed by atoms with Crippen molar-refractivity contribution in [1.82, 2.24) is 14.8 Å². The zero-order valence-electron chi connectivity index (χ0n) is 10.4. The van der Waals surface area contributed by atoms with Gasteiger partial charge in [-0.3, -0.25) is 14.8 Å². The van der Waals surface area contributed by atoms with Gasteiger partial charge in [0, 0.05) is 25.4 Å². The molecule has 0 saturated heterocycles. The molecule has 0 saturated carbocycles. The highest BCUT2D eigenvalue weighted by Crippen LogP contribution is 2.21. The molecule has 0 amide bonds. The zero-order valence-corrected chi connectivity index (χ0v) is 11.2. The Labute approximate surface area is 114 Å². The molecule has 0 aliphatic heterocycles. The molecule has 0 aliphatic carbocycles. The van der Waals surface area contributed by atoms with Crippen molar-refractivity contribution in [1.29, 1.82) is 0 Å². The van der Waals surface area contributed by atoms with Crippen molar-refractivity contribution >= 4 is 23.1 Å². The first kappa shape index (κ1) is 13.3. The number of hydrogen-bond acceptors (Lipinski definition) is 5. The number of pyridine rings is 1. The van der Waals surface area contributed by atoms with Gasteiger partial charge in [-0.1, -0.05) is 11.6 Å². The van der Waals surface area contributed by atoms with Gasteiger partial charge in [0.1, 0.15) is 11.0 Å². The summed E-state index contributed by atoms with van der Waals surface area (Å²) in [6.45, 7) is 2.37. The van der Waals surface area contributed by atoms with Gasteiger partial charge in [0.2, 0.25) is 0 Å². The molecule has 2 aromatic rings. The average Bonchev–Trinajstić information content (AvgIpc) is 2.64. The molecule has 0 spiro atoms. The summed E-state index contributed by atoms with van der Waals surface area (Å²) in [4.78, 5) is 14.2. The van der Waals surface area contributed by atoms with Gasteiger partial charge in [-0.2, -0.15) is 5.10 Å². The predicted octanol–water partition coefficient (Wildman–Crippen LogP) is 2.30. The van der Waals surface area contributed by atoms with Crippen molar-refractivity contribution < 1.29 is 4.92 Å². The molecular weight excluding hydrogens is 270 g/mol. The number of nitro groups is 1. The predicted molar refractivity (Wildman–Crippen MR) is 71.2 cm³/mol. The Morgan fingerprint density at radius 3 is 2.84 bits per heavy atom. The first-order valence-corrected chi connectivity index (χ1v) is 5.88. The lowest BCUT2D eigenvalue weighted by atomic mass is 10.2. The van der Waals surface area contributed by atoms with E-state index < -0.39 is 4.92 Å². The number of aryl methyl sites for hydroxylation is 2. The molecule has 2 aromatic heterocycles. The summed E-state index contributed by atoms with van der Waals surface area (Å²) < 4.78 is 1.71. The summed E-state index contributed by atoms with van der Waals surface area (Å²) >= 11 is 5.74. The molecule has 19 heavy (non-hydrogen) atoms. The van der Waals surface area contributed by atoms with Crippen molar-refractivity contribution in [3.63, 3.8) is 0 Å². The fraction of sp³-hybridized carbons (Fsp3) is 0.273. The first-order chi connectivity index (χ1) is 8.95. The molecule has 7 nitrogen and oxygen atoms in total. The number of hydrogen-bond donors (Lipinski definition) is 1. The molecule has 0 aromatic carbocycles. The summed E-state index contributed by atoms with van der Waals surface area (Å²) in [5.74, 6) is 0.363. The molecular formula is C11H12ClN5O2. The third-order valence-electron chi connectivity index (χ3n) is 2.56. The van der Waals surface area contributed by atoms with Crippen molar-refractivity contribution in [3.8, 4) is 0 Å². The summed E-state index contributed by atoms with van der Waals surface area (Å²) in [7, 11) is 1.83. The van der Waals surface area contributed by atoms with Crippen LogP contribution in [0, 0.1) is 17.0 Å². The average molecular weight is 282 g/mol. The third kappa shape index (κ3) is 3.19. The van der Waals surface area contributed by atoms with Gasteiger partial charge in [-0.15, -0.1) is 0 Å². The third-order valence-corrected chi connectivity index (χ3v) is 2.76. The van der Waals surface area contributed by atoms with Crippen LogP contribution in [0.1, 0.15) is 11.3 Å². The maximum absolute atomic E-state index is 10.7. The number of nitrogens with one attached hydrogen (secondary N) is 1. The topological polar surface area (TPSA) is 85.9 Å². The lowest BCUT2D eigenvalue weighted by Gasteiger charge is -2.05. The highest BCUT2D eigenvalue weighted by Gasteiger charge is 2.10. The minimum absolute atomic E-state index is 0.0830. The molecule has 2 heterocycles. The Bertz CT molecular complexity index is 626. The fourth-order valence-corrected chi connectivity index (χ4v) is 1.89. The van der Waals surface area contributed by atoms with Gasteiger partial charge in [-0.05, 0) is 6.92 Å². The molecule has 0 radical (unpaired) electrons. The van der Waals surface area contributed by atoms with Gasteiger partial charge in [-0.25, -0.2) is 4.98 Å². The quantitative estimate of drug-likeness (QED) is 0.528. The van der Waals surface area contributed by atoms with E-state index in [4.69, 9.17) is 11.6 Å². The maximum atomic E-state index is 10.7. The van der Waals surface area contributed by atoms with E-state index in [0.29, 0.717) is 12.4 Å². The number of aromatic nitrogens is 3. The normalized spacial score (nSPS) is 10.5. The zero-order chi connectivity index (χ0) is 14.0. The lowest BCUT2D eigenvalue weighted by molar-refractivity contribution is -0.384. The highest BCUT2D eigenvalue weighted by molar-refractivity contribution is 6.29. The van der Waals surface area contributed by atoms with Gasteiger partial charge in [0.05, 0.1) is 22.7 Å². The van der Waals surface area contributed by atoms with Crippen LogP contribution in [-0.2, 0) is 13.6 Å². The van der Waals surface area contributed by atoms with E-state index in [0.717, 1.165) is 11.3 Å². The SMILES string of the molecule is Cc1nn(C)cc1CNc1cc([N+](=O)[O-])cc(Cl)n1. The molecule has 0 atom stereocenters. The molecule has 0 aliphatic rings. The van der Waals surface area contributed by atoms with E-state index in [9.17, 15) is 10.1 Å². The Morgan fingerprint density at radius 2 is 2.26 bits per heavy atom. The van der Waals surface area contributed by atoms with Crippen LogP contribution in [0.3, 0.4) is 0 Å². The number of rotatable bonds is 4. The second kappa shape index (κ2) is 5.23. The van der Waals surface area contributed by atoms with E-state index in [1.807, 2.05) is 20.2 Å². The smallest absolute Gasteiger partial charge is 0.276 e. The molecule has 8 heteroatoms. The van der Waals surface area contributed by atoms with Gasteiger partial charge in [0.15, 0.2) is 0 Å². The fourth-order valence-electron chi connectivity index (χ4n) is 1.69. The van der Waals surface area contributed by atoms with Gasteiger partial charge in [0.25, 0.3) is 5.69 Å². The van der Waals surface area contributed by atoms with Crippen molar-refractivity contribution in [2.24, 2.45) is 7.05 Å². The van der Waals surface area contributed by atoms with E-state index in [-0.39, 0.29) is 10.8 Å². The molecule has 0 unspecified atom stereocenters. The van der Waals surface area contributed by atoms with Crippen LogP contribution in [0.4, 0.5) is 11.5 Å². The maximum Gasteiger partial charge on any atom is 0.276 e. The summed E-state index contributed by atoms with van der Waals surface area (Å²) in [6, 6.07) is 2.56. The molecule has 100 valence electrons. The second-order valence-corrected chi connectivity index (χ2v) is 4.44. The second-order valence-electron chi connectivity index (χ2n) is 4.06. The van der Waals surface area contributed by atoms with E-state index in [1.165, 1.54) is 12.1 Å². The van der Waals surface area contributed by atoms with Crippen LogP contribution < -0.4 is 5.32 Å². The number of nitrogens with zero attached hydrogens (tertiary/aromatic N) is 4. The van der Waals surface area contributed by atoms with E-state index >= 15 is 0 Å². The van der Waals surface area contributed by atoms with E-state index in [2.05, 4.69) is 15.4 Å². The minimum atomic E-state index is -0.506. The monoisotopic (exact) mass is 281 g/mol. The molecule has 1 N–H and O–H groups in total. The van der Waals surface area contributed by atoms with Crippen molar-refractivity contribution in [3.05, 3.63) is 44.9 Å². The number of halogens is 1. The molecule has 0 bridgehead atoms. The van der Waals surface area contributed by atoms with Crippen LogP contribution in [-0.4, -0.2) is 19.7 Å². The standard InChI is InChI=1S/C11H12ClN5O2/c1-7-8(6-16(2)15-7)5-13-11-4-9(17(18)19)3-10(12)14-11/h3-4,6H,5H2,1-2H3,(H,13,14). The van der Waals surface area contributed by atoms with E-state index in [1.54, 1.807) is 4.68 Å². The Balaban J connectivity index is 2.15. The van der Waals surface area contributed by atoms with Crippen LogP contribution in [0.25, 0.3) is 0 Å². The Morgan fingerprint density at radius 1 is 1.53 bits per heavy atom. The lowest BCUT2D eigenvalue weighted by Crippen LogP contribution is -2.02. The number of anilines is 1. The van der Waals surface area contributed by atoms with Crippen molar-refractivity contribution in [2.75, 3.05) is 5.32 Å². The first-order valence-electron chi connectivity index (χ1n) is 5.50. The van der Waals surface area contributed by atoms with Crippen LogP contribution in [0.2, 0.25) is 5.15 Å². The highest BCUT2D eigenvalue weighted by atomic mass is 35.5.